The fourth-order valence-electron chi connectivity index (χ4n) is 1.36. The van der Waals surface area contributed by atoms with Crippen molar-refractivity contribution in [2.75, 3.05) is 7.11 Å². The first-order valence-electron chi connectivity index (χ1n) is 4.19. The molecule has 0 saturated carbocycles. The molecule has 1 nitrogen and oxygen atoms in total. The van der Waals surface area contributed by atoms with Gasteiger partial charge in [0, 0.05) is 7.11 Å². The van der Waals surface area contributed by atoms with Crippen molar-refractivity contribution in [1.29, 1.82) is 0 Å². The smallest absolute Gasteiger partial charge is 0.217 e. The lowest BCUT2D eigenvalue weighted by Gasteiger charge is -2.22. The Morgan fingerprint density at radius 2 is 1.69 bits per heavy atom. The predicted octanol–water partition coefficient (Wildman–Crippen LogP) is 0.602. The average molecular weight is 212 g/mol. The largest absolute Gasteiger partial charge is 0.416 e. The molecule has 0 aliphatic heterocycles. The summed E-state index contributed by atoms with van der Waals surface area (Å²) in [6.07, 6.45) is 0. The Bertz CT molecular complexity index is 271. The normalized spacial score (nSPS) is 10.8. The van der Waals surface area contributed by atoms with Crippen molar-refractivity contribution < 1.29 is 4.43 Å². The number of aryl methyl sites for hydroxylation is 1. The van der Waals surface area contributed by atoms with Gasteiger partial charge in [-0.2, -0.15) is 0 Å². The van der Waals surface area contributed by atoms with Crippen molar-refractivity contribution in [3.63, 3.8) is 0 Å². The van der Waals surface area contributed by atoms with E-state index in [0.717, 1.165) is 0 Å². The number of hydrogen-bond donors (Lipinski definition) is 0. The summed E-state index contributed by atoms with van der Waals surface area (Å²) >= 11 is 0. The fraction of sp³-hybridized carbons (Fsp3) is 0.400. The molecule has 0 atom stereocenters. The molecule has 0 radical (unpaired) electrons. The van der Waals surface area contributed by atoms with Gasteiger partial charge in [-0.3, -0.25) is 0 Å². The molecule has 1 aromatic carbocycles. The lowest BCUT2D eigenvalue weighted by molar-refractivity contribution is 0.416. The van der Waals surface area contributed by atoms with Gasteiger partial charge in [-0.25, -0.2) is 0 Å². The molecule has 0 spiro atoms. The van der Waals surface area contributed by atoms with Gasteiger partial charge in [0.15, 0.2) is 0 Å². The second-order valence-corrected chi connectivity index (χ2v) is 7.50. The second kappa shape index (κ2) is 4.74. The van der Waals surface area contributed by atoms with Gasteiger partial charge < -0.3 is 4.43 Å². The molecule has 74 valence electrons. The van der Waals surface area contributed by atoms with Gasteiger partial charge in [-0.05, 0) is 41.7 Å². The van der Waals surface area contributed by atoms with Crippen LogP contribution in [-0.4, -0.2) is 26.4 Å². The molecule has 0 N–H and O–H groups in total. The summed E-state index contributed by atoms with van der Waals surface area (Å²) in [7, 11) is 0.206. The molecule has 3 heteroatoms. The van der Waals surface area contributed by atoms with Crippen LogP contribution in [0.1, 0.15) is 5.56 Å². The van der Waals surface area contributed by atoms with Crippen LogP contribution in [0.25, 0.3) is 0 Å². The van der Waals surface area contributed by atoms with Crippen molar-refractivity contribution in [3.05, 3.63) is 29.8 Å². The maximum Gasteiger partial charge on any atom is 0.217 e. The Kier molecular flexibility index (Phi) is 4.60. The van der Waals surface area contributed by atoms with Gasteiger partial charge in [0.05, 0.1) is 0 Å². The molecule has 0 aliphatic rings. The van der Waals surface area contributed by atoms with Gasteiger partial charge in [-0.1, -0.05) is 24.3 Å². The standard InChI is InChI=1S/C10H16OSi.H4Si/c1-9-7-5-6-8-10(9)12(3,4)11-2;/h5-8H,1-4H3;1H4. The van der Waals surface area contributed by atoms with E-state index in [4.69, 9.17) is 4.43 Å². The number of rotatable bonds is 2. The van der Waals surface area contributed by atoms with E-state index in [9.17, 15) is 0 Å². The maximum atomic E-state index is 5.54. The monoisotopic (exact) mass is 212 g/mol. The zero-order valence-corrected chi connectivity index (χ0v) is 9.22. The molecular weight excluding hydrogens is 192 g/mol. The molecule has 0 bridgehead atoms. The molecule has 0 heterocycles. The van der Waals surface area contributed by atoms with Gasteiger partial charge in [0.2, 0.25) is 8.32 Å². The molecule has 0 unspecified atom stereocenters. The first-order chi connectivity index (χ1) is 5.58. The van der Waals surface area contributed by atoms with E-state index >= 15 is 0 Å². The fourth-order valence-corrected chi connectivity index (χ4v) is 3.11. The summed E-state index contributed by atoms with van der Waals surface area (Å²) in [5.74, 6) is 0. The van der Waals surface area contributed by atoms with Crippen LogP contribution in [0.4, 0.5) is 0 Å². The molecule has 0 aliphatic carbocycles. The molecule has 1 aromatic rings. The first-order valence-corrected chi connectivity index (χ1v) is 7.10. The van der Waals surface area contributed by atoms with Crippen LogP contribution < -0.4 is 5.19 Å². The van der Waals surface area contributed by atoms with Crippen molar-refractivity contribution in [2.24, 2.45) is 0 Å². The number of benzene rings is 1. The van der Waals surface area contributed by atoms with Crippen LogP contribution in [0.5, 0.6) is 0 Å². The van der Waals surface area contributed by atoms with E-state index in [-0.39, 0.29) is 11.0 Å². The van der Waals surface area contributed by atoms with Crippen LogP contribution in [0.2, 0.25) is 13.1 Å². The van der Waals surface area contributed by atoms with Crippen LogP contribution in [-0.2, 0) is 4.43 Å². The summed E-state index contributed by atoms with van der Waals surface area (Å²) in [5, 5.41) is 1.40. The van der Waals surface area contributed by atoms with Crippen LogP contribution >= 0.6 is 0 Å². The van der Waals surface area contributed by atoms with Gasteiger partial charge in [0.25, 0.3) is 0 Å². The van der Waals surface area contributed by atoms with Crippen molar-refractivity contribution in [1.82, 2.24) is 0 Å². The van der Waals surface area contributed by atoms with Crippen LogP contribution in [0, 0.1) is 6.92 Å². The third-order valence-corrected chi connectivity index (χ3v) is 5.18. The Balaban J connectivity index is 0.00000144. The molecule has 13 heavy (non-hydrogen) atoms. The van der Waals surface area contributed by atoms with E-state index in [0.29, 0.717) is 0 Å². The third-order valence-electron chi connectivity index (χ3n) is 2.30. The van der Waals surface area contributed by atoms with E-state index in [1.807, 2.05) is 0 Å². The Morgan fingerprint density at radius 1 is 1.15 bits per heavy atom. The molecule has 0 saturated heterocycles. The van der Waals surface area contributed by atoms with Gasteiger partial charge in [-0.15, -0.1) is 0 Å². The minimum Gasteiger partial charge on any atom is -0.416 e. The summed E-state index contributed by atoms with van der Waals surface area (Å²) in [5.41, 5.74) is 1.34. The van der Waals surface area contributed by atoms with E-state index < -0.39 is 8.32 Å². The first kappa shape index (κ1) is 12.6. The molecule has 1 rings (SSSR count). The Morgan fingerprint density at radius 3 is 2.15 bits per heavy atom. The zero-order chi connectivity index (χ0) is 9.19. The molecule has 0 fully saturated rings. The SMILES string of the molecule is CO[Si](C)(C)c1ccccc1C.[SiH4]. The highest BCUT2D eigenvalue weighted by molar-refractivity contribution is 6.84. The number of hydrogen-bond acceptors (Lipinski definition) is 1. The van der Waals surface area contributed by atoms with E-state index in [2.05, 4.69) is 44.3 Å². The van der Waals surface area contributed by atoms with Crippen LogP contribution in [0.3, 0.4) is 0 Å². The lowest BCUT2D eigenvalue weighted by Crippen LogP contribution is -2.45. The summed E-state index contributed by atoms with van der Waals surface area (Å²) in [4.78, 5) is 0. The summed E-state index contributed by atoms with van der Waals surface area (Å²) in [6.45, 7) is 6.58. The highest BCUT2D eigenvalue weighted by Crippen LogP contribution is 2.06. The second-order valence-electron chi connectivity index (χ2n) is 3.53. The zero-order valence-electron chi connectivity index (χ0n) is 8.22. The molecule has 0 amide bonds. The minimum atomic E-state index is -1.60. The van der Waals surface area contributed by atoms with Crippen molar-refractivity contribution in [2.45, 2.75) is 20.0 Å². The topological polar surface area (TPSA) is 9.23 Å². The van der Waals surface area contributed by atoms with Crippen LogP contribution in [0.15, 0.2) is 24.3 Å². The van der Waals surface area contributed by atoms with E-state index in [1.54, 1.807) is 7.11 Å². The van der Waals surface area contributed by atoms with Gasteiger partial charge in [0.1, 0.15) is 0 Å². The quantitative estimate of drug-likeness (QED) is 0.653. The Labute approximate surface area is 86.3 Å². The molecular formula is C10H20OSi2. The van der Waals surface area contributed by atoms with E-state index in [1.165, 1.54) is 10.8 Å². The minimum absolute atomic E-state index is 0. The molecule has 0 aromatic heterocycles. The highest BCUT2D eigenvalue weighted by Gasteiger charge is 2.24. The summed E-state index contributed by atoms with van der Waals surface area (Å²) < 4.78 is 5.54. The third kappa shape index (κ3) is 2.79. The Hall–Kier alpha value is -0.386. The van der Waals surface area contributed by atoms with Crippen molar-refractivity contribution in [3.8, 4) is 0 Å². The summed E-state index contributed by atoms with van der Waals surface area (Å²) in [6, 6.07) is 8.46. The maximum absolute atomic E-state index is 5.54. The van der Waals surface area contributed by atoms with Gasteiger partial charge >= 0.3 is 0 Å². The van der Waals surface area contributed by atoms with Crippen molar-refractivity contribution >= 4 is 24.5 Å². The highest BCUT2D eigenvalue weighted by atomic mass is 28.4. The lowest BCUT2D eigenvalue weighted by atomic mass is 10.2. The predicted molar refractivity (Wildman–Crippen MR) is 66.6 cm³/mol. The average Bonchev–Trinajstić information content (AvgIpc) is 2.05.